The first-order valence-corrected chi connectivity index (χ1v) is 9.54. The number of hydrogen-bond donors (Lipinski definition) is 0. The summed E-state index contributed by atoms with van der Waals surface area (Å²) in [7, 11) is -3.48. The fourth-order valence-corrected chi connectivity index (χ4v) is 3.81. The molecule has 0 fully saturated rings. The van der Waals surface area contributed by atoms with Gasteiger partial charge in [-0.25, -0.2) is 8.42 Å². The lowest BCUT2D eigenvalue weighted by molar-refractivity contribution is 0.304. The van der Waals surface area contributed by atoms with E-state index in [0.717, 1.165) is 22.4 Å². The smallest absolute Gasteiger partial charge is 0.206 e. The van der Waals surface area contributed by atoms with Crippen molar-refractivity contribution in [3.63, 3.8) is 0 Å². The van der Waals surface area contributed by atoms with E-state index >= 15 is 0 Å². The average Bonchev–Trinajstić information content (AvgIpc) is 2.63. The minimum atomic E-state index is -3.48. The first kappa shape index (κ1) is 17.2. The van der Waals surface area contributed by atoms with Gasteiger partial charge in [0.2, 0.25) is 9.84 Å². The van der Waals surface area contributed by atoms with Gasteiger partial charge in [0.05, 0.1) is 9.79 Å². The third-order valence-electron chi connectivity index (χ3n) is 4.03. The number of aryl methyl sites for hydroxylation is 2. The van der Waals surface area contributed by atoms with Gasteiger partial charge in [-0.1, -0.05) is 42.5 Å². The predicted octanol–water partition coefficient (Wildman–Crippen LogP) is 4.72. The molecule has 0 aliphatic carbocycles. The zero-order chi connectivity index (χ0) is 17.9. The number of ether oxygens (including phenoxy) is 1. The van der Waals surface area contributed by atoms with Crippen LogP contribution in [0.4, 0.5) is 0 Å². The van der Waals surface area contributed by atoms with Gasteiger partial charge in [0.15, 0.2) is 0 Å². The summed E-state index contributed by atoms with van der Waals surface area (Å²) < 4.78 is 31.0. The Balaban J connectivity index is 1.76. The lowest BCUT2D eigenvalue weighted by Crippen LogP contribution is -2.03. The number of rotatable bonds is 5. The van der Waals surface area contributed by atoms with Crippen molar-refractivity contribution in [3.05, 3.63) is 89.5 Å². The van der Waals surface area contributed by atoms with Crippen molar-refractivity contribution in [3.8, 4) is 5.75 Å². The molecule has 128 valence electrons. The molecular formula is C21H20O3S. The van der Waals surface area contributed by atoms with E-state index in [9.17, 15) is 8.42 Å². The van der Waals surface area contributed by atoms with Crippen LogP contribution in [0.25, 0.3) is 0 Å². The third kappa shape index (κ3) is 3.91. The molecule has 0 aliphatic rings. The van der Waals surface area contributed by atoms with Crippen LogP contribution in [0.5, 0.6) is 5.75 Å². The summed E-state index contributed by atoms with van der Waals surface area (Å²) in [5.41, 5.74) is 3.15. The quantitative estimate of drug-likeness (QED) is 0.667. The maximum Gasteiger partial charge on any atom is 0.206 e. The molecule has 0 amide bonds. The molecule has 0 saturated carbocycles. The van der Waals surface area contributed by atoms with Crippen molar-refractivity contribution in [2.75, 3.05) is 0 Å². The molecule has 0 bridgehead atoms. The Morgan fingerprint density at radius 3 is 2.12 bits per heavy atom. The Morgan fingerprint density at radius 1 is 0.800 bits per heavy atom. The minimum Gasteiger partial charge on any atom is -0.489 e. The standard InChI is InChI=1S/C21H20O3S/c1-16-8-9-17(2)21(14-16)24-15-18-10-12-20(13-11-18)25(22,23)19-6-4-3-5-7-19/h3-14H,15H2,1-2H3. The fraction of sp³-hybridized carbons (Fsp3) is 0.143. The van der Waals surface area contributed by atoms with E-state index in [4.69, 9.17) is 4.74 Å². The zero-order valence-electron chi connectivity index (χ0n) is 14.3. The molecule has 3 rings (SSSR count). The molecule has 0 aliphatic heterocycles. The van der Waals surface area contributed by atoms with Gasteiger partial charge >= 0.3 is 0 Å². The predicted molar refractivity (Wildman–Crippen MR) is 98.6 cm³/mol. The molecule has 0 unspecified atom stereocenters. The van der Waals surface area contributed by atoms with Crippen molar-refractivity contribution in [1.29, 1.82) is 0 Å². The summed E-state index contributed by atoms with van der Waals surface area (Å²) in [4.78, 5) is 0.587. The van der Waals surface area contributed by atoms with E-state index in [1.54, 1.807) is 54.6 Å². The largest absolute Gasteiger partial charge is 0.489 e. The van der Waals surface area contributed by atoms with Crippen LogP contribution in [0.3, 0.4) is 0 Å². The van der Waals surface area contributed by atoms with E-state index in [1.807, 2.05) is 32.0 Å². The Morgan fingerprint density at radius 2 is 1.44 bits per heavy atom. The topological polar surface area (TPSA) is 43.4 Å². The highest BCUT2D eigenvalue weighted by molar-refractivity contribution is 7.91. The van der Waals surface area contributed by atoms with Crippen LogP contribution >= 0.6 is 0 Å². The van der Waals surface area contributed by atoms with Gasteiger partial charge in [0.25, 0.3) is 0 Å². The van der Waals surface area contributed by atoms with Crippen molar-refractivity contribution in [2.45, 2.75) is 30.2 Å². The highest BCUT2D eigenvalue weighted by Gasteiger charge is 2.16. The SMILES string of the molecule is Cc1ccc(C)c(OCc2ccc(S(=O)(=O)c3ccccc3)cc2)c1. The first-order valence-electron chi connectivity index (χ1n) is 8.06. The summed E-state index contributed by atoms with van der Waals surface area (Å²) in [5.74, 6) is 0.848. The van der Waals surface area contributed by atoms with E-state index in [2.05, 4.69) is 0 Å². The normalized spacial score (nSPS) is 11.3. The van der Waals surface area contributed by atoms with Gasteiger partial charge < -0.3 is 4.74 Å². The summed E-state index contributed by atoms with van der Waals surface area (Å²) >= 11 is 0. The Bertz CT molecular complexity index is 960. The molecule has 4 heteroatoms. The van der Waals surface area contributed by atoms with Crippen molar-refractivity contribution < 1.29 is 13.2 Å². The molecule has 0 aromatic heterocycles. The summed E-state index contributed by atoms with van der Waals surface area (Å²) in [5, 5.41) is 0. The first-order chi connectivity index (χ1) is 12.0. The lowest BCUT2D eigenvalue weighted by Gasteiger charge is -2.11. The molecule has 0 atom stereocenters. The van der Waals surface area contributed by atoms with Gasteiger partial charge in [0.1, 0.15) is 12.4 Å². The lowest BCUT2D eigenvalue weighted by atomic mass is 10.1. The summed E-state index contributed by atoms with van der Waals surface area (Å²) in [6.45, 7) is 4.43. The molecule has 25 heavy (non-hydrogen) atoms. The molecule has 3 aromatic rings. The van der Waals surface area contributed by atoms with Crippen molar-refractivity contribution in [1.82, 2.24) is 0 Å². The van der Waals surface area contributed by atoms with E-state index in [-0.39, 0.29) is 4.90 Å². The average molecular weight is 352 g/mol. The monoisotopic (exact) mass is 352 g/mol. The highest BCUT2D eigenvalue weighted by Crippen LogP contribution is 2.23. The maximum atomic E-state index is 12.6. The van der Waals surface area contributed by atoms with Crippen molar-refractivity contribution in [2.24, 2.45) is 0 Å². The molecule has 0 radical (unpaired) electrons. The van der Waals surface area contributed by atoms with Crippen LogP contribution in [0.1, 0.15) is 16.7 Å². The van der Waals surface area contributed by atoms with Crippen LogP contribution in [0, 0.1) is 13.8 Å². The summed E-state index contributed by atoms with van der Waals surface area (Å²) in [6, 6.07) is 21.4. The second-order valence-corrected chi connectivity index (χ2v) is 7.97. The van der Waals surface area contributed by atoms with E-state index < -0.39 is 9.84 Å². The van der Waals surface area contributed by atoms with Gasteiger partial charge in [-0.15, -0.1) is 0 Å². The molecule has 3 nitrogen and oxygen atoms in total. The van der Waals surface area contributed by atoms with Crippen molar-refractivity contribution >= 4 is 9.84 Å². The second-order valence-electron chi connectivity index (χ2n) is 6.02. The maximum absolute atomic E-state index is 12.6. The van der Waals surface area contributed by atoms with Crippen LogP contribution < -0.4 is 4.74 Å². The molecular weight excluding hydrogens is 332 g/mol. The molecule has 3 aromatic carbocycles. The minimum absolute atomic E-state index is 0.286. The molecule has 0 N–H and O–H groups in total. The number of hydrogen-bond acceptors (Lipinski definition) is 3. The Kier molecular flexibility index (Phi) is 4.91. The van der Waals surface area contributed by atoms with Crippen LogP contribution in [0.15, 0.2) is 82.6 Å². The fourth-order valence-electron chi connectivity index (χ4n) is 2.52. The summed E-state index contributed by atoms with van der Waals surface area (Å²) in [6.07, 6.45) is 0. The van der Waals surface area contributed by atoms with Gasteiger partial charge in [-0.05, 0) is 60.9 Å². The highest BCUT2D eigenvalue weighted by atomic mass is 32.2. The molecule has 0 saturated heterocycles. The molecule has 0 spiro atoms. The van der Waals surface area contributed by atoms with Crippen LogP contribution in [-0.4, -0.2) is 8.42 Å². The number of benzene rings is 3. The third-order valence-corrected chi connectivity index (χ3v) is 5.81. The Hall–Kier alpha value is -2.59. The van der Waals surface area contributed by atoms with E-state index in [0.29, 0.717) is 11.5 Å². The second kappa shape index (κ2) is 7.11. The van der Waals surface area contributed by atoms with Gasteiger partial charge in [-0.3, -0.25) is 0 Å². The van der Waals surface area contributed by atoms with Crippen LogP contribution in [-0.2, 0) is 16.4 Å². The number of sulfone groups is 1. The van der Waals surface area contributed by atoms with Gasteiger partial charge in [0, 0.05) is 0 Å². The molecule has 0 heterocycles. The van der Waals surface area contributed by atoms with Crippen LogP contribution in [0.2, 0.25) is 0 Å². The van der Waals surface area contributed by atoms with Gasteiger partial charge in [-0.2, -0.15) is 0 Å². The van der Waals surface area contributed by atoms with E-state index in [1.165, 1.54) is 0 Å². The Labute approximate surface area is 148 Å². The zero-order valence-corrected chi connectivity index (χ0v) is 15.1.